The molecule has 2 aliphatic rings. The van der Waals surface area contributed by atoms with Gasteiger partial charge >= 0.3 is 0 Å². The van der Waals surface area contributed by atoms with Crippen LogP contribution >= 0.6 is 81.2 Å². The number of alkyl halides is 7. The number of rotatable bonds is 3. The second-order valence-corrected chi connectivity index (χ2v) is 8.15. The Hall–Kier alpha value is 2.03. The van der Waals surface area contributed by atoms with Gasteiger partial charge in [-0.1, -0.05) is 0 Å². The van der Waals surface area contributed by atoms with Gasteiger partial charge in [0.2, 0.25) is 0 Å². The summed E-state index contributed by atoms with van der Waals surface area (Å²) in [6.07, 6.45) is 0.527. The maximum Gasteiger partial charge on any atom is 0.127 e. The Balaban J connectivity index is 2.63. The van der Waals surface area contributed by atoms with Gasteiger partial charge in [-0.15, -0.1) is 81.2 Å². The van der Waals surface area contributed by atoms with E-state index in [9.17, 15) is 0 Å². The average molecular weight is 379 g/mol. The Morgan fingerprint density at radius 1 is 0.941 bits per heavy atom. The lowest BCUT2D eigenvalue weighted by Gasteiger charge is -2.47. The Morgan fingerprint density at radius 3 is 1.82 bits per heavy atom. The Labute approximate surface area is 136 Å². The van der Waals surface area contributed by atoms with Crippen LogP contribution in [-0.4, -0.2) is 32.7 Å². The Bertz CT molecular complexity index is 314. The Morgan fingerprint density at radius 2 is 1.47 bits per heavy atom. The molecule has 2 fully saturated rings. The van der Waals surface area contributed by atoms with Crippen LogP contribution in [0.2, 0.25) is 0 Å². The van der Waals surface area contributed by atoms with E-state index in [1.54, 1.807) is 0 Å². The van der Waals surface area contributed by atoms with Gasteiger partial charge in [-0.3, -0.25) is 0 Å². The summed E-state index contributed by atoms with van der Waals surface area (Å²) in [5, 5.41) is -0.675. The lowest BCUT2D eigenvalue weighted by Crippen LogP contribution is -2.54. The van der Waals surface area contributed by atoms with Crippen LogP contribution in [0.3, 0.4) is 0 Å². The molecule has 2 bridgehead atoms. The first kappa shape index (κ1) is 15.4. The fraction of sp³-hybridized carbons (Fsp3) is 1.00. The summed E-state index contributed by atoms with van der Waals surface area (Å²) < 4.78 is -1.03. The summed E-state index contributed by atoms with van der Waals surface area (Å²) in [7, 11) is 0. The lowest BCUT2D eigenvalue weighted by molar-refractivity contribution is 0.160. The highest BCUT2D eigenvalue weighted by Crippen LogP contribution is 2.76. The summed E-state index contributed by atoms with van der Waals surface area (Å²) in [5.41, 5.74) is -1.24. The van der Waals surface area contributed by atoms with Gasteiger partial charge in [0, 0.05) is 28.5 Å². The van der Waals surface area contributed by atoms with Crippen LogP contribution in [0.5, 0.6) is 0 Å². The van der Waals surface area contributed by atoms with Crippen LogP contribution in [0.4, 0.5) is 0 Å². The highest BCUT2D eigenvalue weighted by Gasteiger charge is 2.79. The first-order valence-electron chi connectivity index (χ1n) is 5.18. The molecule has 0 saturated heterocycles. The topological polar surface area (TPSA) is 0 Å². The maximum atomic E-state index is 6.44. The number of halogens is 7. The van der Waals surface area contributed by atoms with Crippen molar-refractivity contribution in [2.24, 2.45) is 16.7 Å². The SMILES string of the molecule is ClCC1(CCl)[C@H]2CC(Cl)(Cl)C1(CCl)[C@@H](Cl)[C@@H]2Cl. The molecule has 0 aliphatic heterocycles. The molecular weight excluding hydrogens is 368 g/mol. The molecule has 0 radical (unpaired) electrons. The van der Waals surface area contributed by atoms with Crippen molar-refractivity contribution >= 4 is 81.2 Å². The second kappa shape index (κ2) is 4.79. The maximum absolute atomic E-state index is 6.44. The predicted molar refractivity (Wildman–Crippen MR) is 78.9 cm³/mol. The van der Waals surface area contributed by atoms with Gasteiger partial charge in [-0.2, -0.15) is 0 Å². The molecule has 1 unspecified atom stereocenters. The molecule has 0 amide bonds. The van der Waals surface area contributed by atoms with Gasteiger partial charge in [0.15, 0.2) is 0 Å². The van der Waals surface area contributed by atoms with Crippen LogP contribution in [0.1, 0.15) is 6.42 Å². The molecule has 0 aromatic carbocycles. The van der Waals surface area contributed by atoms with E-state index in [-0.39, 0.29) is 17.2 Å². The van der Waals surface area contributed by atoms with Crippen molar-refractivity contribution in [1.82, 2.24) is 0 Å². The van der Waals surface area contributed by atoms with Crippen molar-refractivity contribution < 1.29 is 0 Å². The Kier molecular flexibility index (Phi) is 4.35. The zero-order valence-corrected chi connectivity index (χ0v) is 14.0. The second-order valence-electron chi connectivity index (χ2n) is 4.89. The van der Waals surface area contributed by atoms with Gasteiger partial charge in [-0.05, 0) is 12.3 Å². The summed E-state index contributed by atoms with van der Waals surface area (Å²) in [6, 6.07) is 0. The molecular formula is C10H11Cl7. The molecule has 2 rings (SSSR count). The molecule has 0 aromatic heterocycles. The van der Waals surface area contributed by atoms with Crippen LogP contribution in [0.25, 0.3) is 0 Å². The fourth-order valence-corrected chi connectivity index (χ4v) is 7.92. The molecule has 0 nitrogen and oxygen atoms in total. The van der Waals surface area contributed by atoms with Crippen LogP contribution in [0.15, 0.2) is 0 Å². The molecule has 7 heteroatoms. The summed E-state index contributed by atoms with van der Waals surface area (Å²) in [5.74, 6) is 0.812. The van der Waals surface area contributed by atoms with E-state index >= 15 is 0 Å². The van der Waals surface area contributed by atoms with Crippen molar-refractivity contribution in [3.63, 3.8) is 0 Å². The van der Waals surface area contributed by atoms with Crippen molar-refractivity contribution in [1.29, 1.82) is 0 Å². The quantitative estimate of drug-likeness (QED) is 0.599. The van der Waals surface area contributed by atoms with Crippen LogP contribution in [-0.2, 0) is 0 Å². The minimum atomic E-state index is -1.03. The third-order valence-corrected chi connectivity index (χ3v) is 8.24. The van der Waals surface area contributed by atoms with E-state index in [0.717, 1.165) is 0 Å². The lowest BCUT2D eigenvalue weighted by atomic mass is 9.70. The monoisotopic (exact) mass is 376 g/mol. The standard InChI is InChI=1S/C10H11Cl7/c11-2-8(3-12)5-1-10(16,17)9(8,4-13)7(15)6(5)14/h5-7H,1-4H2/t5-,6+,7-,9?/m0/s1. The fourth-order valence-electron chi connectivity index (χ4n) is 3.50. The molecule has 2 aliphatic carbocycles. The van der Waals surface area contributed by atoms with E-state index in [1.807, 2.05) is 0 Å². The first-order valence-corrected chi connectivity index (χ1v) is 8.42. The molecule has 0 spiro atoms. The summed E-state index contributed by atoms with van der Waals surface area (Å²) in [6.45, 7) is 0. The van der Waals surface area contributed by atoms with Crippen molar-refractivity contribution in [3.05, 3.63) is 0 Å². The van der Waals surface area contributed by atoms with Crippen molar-refractivity contribution in [3.8, 4) is 0 Å². The first-order chi connectivity index (χ1) is 7.84. The minimum absolute atomic E-state index is 0.00424. The molecule has 4 atom stereocenters. The average Bonchev–Trinajstić information content (AvgIpc) is 2.61. The molecule has 0 N–H and O–H groups in total. The molecule has 2 saturated carbocycles. The highest BCUT2D eigenvalue weighted by molar-refractivity contribution is 6.51. The van der Waals surface area contributed by atoms with E-state index in [0.29, 0.717) is 18.2 Å². The molecule has 0 heterocycles. The van der Waals surface area contributed by atoms with Crippen LogP contribution < -0.4 is 0 Å². The van der Waals surface area contributed by atoms with E-state index in [4.69, 9.17) is 81.2 Å². The zero-order valence-electron chi connectivity index (χ0n) is 8.71. The van der Waals surface area contributed by atoms with E-state index < -0.39 is 20.5 Å². The van der Waals surface area contributed by atoms with Gasteiger partial charge in [0.1, 0.15) is 4.33 Å². The van der Waals surface area contributed by atoms with Gasteiger partial charge in [0.25, 0.3) is 0 Å². The number of fused-ring (bicyclic) bond motifs is 2. The third kappa shape index (κ3) is 1.59. The van der Waals surface area contributed by atoms with Gasteiger partial charge in [0.05, 0.1) is 10.8 Å². The normalized spacial score (nSPS) is 46.4. The van der Waals surface area contributed by atoms with E-state index in [2.05, 4.69) is 0 Å². The van der Waals surface area contributed by atoms with Crippen molar-refractivity contribution in [2.45, 2.75) is 21.5 Å². The smallest absolute Gasteiger partial charge is 0.126 e. The number of hydrogen-bond acceptors (Lipinski definition) is 0. The molecule has 0 aromatic rings. The molecule has 17 heavy (non-hydrogen) atoms. The largest absolute Gasteiger partial charge is 0.127 e. The van der Waals surface area contributed by atoms with Crippen molar-refractivity contribution in [2.75, 3.05) is 17.6 Å². The predicted octanol–water partition coefficient (Wildman–Crippen LogP) is 5.10. The summed E-state index contributed by atoms with van der Waals surface area (Å²) >= 11 is 44.1. The summed E-state index contributed by atoms with van der Waals surface area (Å²) in [4.78, 5) is 0. The highest BCUT2D eigenvalue weighted by atomic mass is 35.5. The zero-order chi connectivity index (χ0) is 13.1. The third-order valence-electron chi connectivity index (χ3n) is 4.55. The number of hydrogen-bond donors (Lipinski definition) is 0. The van der Waals surface area contributed by atoms with Crippen LogP contribution in [0, 0.1) is 16.7 Å². The minimum Gasteiger partial charge on any atom is -0.126 e. The molecule has 100 valence electrons. The van der Waals surface area contributed by atoms with Gasteiger partial charge in [-0.25, -0.2) is 0 Å². The van der Waals surface area contributed by atoms with E-state index in [1.165, 1.54) is 0 Å². The van der Waals surface area contributed by atoms with Gasteiger partial charge < -0.3 is 0 Å².